The van der Waals surface area contributed by atoms with Crippen LogP contribution in [0.2, 0.25) is 5.15 Å². The minimum Gasteiger partial charge on any atom is -0.330 e. The number of aromatic nitrogens is 3. The molecule has 0 aliphatic carbocycles. The van der Waals surface area contributed by atoms with Crippen LogP contribution in [0, 0.1) is 12.7 Å². The summed E-state index contributed by atoms with van der Waals surface area (Å²) in [7, 11) is 0. The molecule has 4 aromatic rings. The zero-order valence-corrected chi connectivity index (χ0v) is 17.3. The molecule has 0 spiro atoms. The molecule has 4 rings (SSSR count). The molecule has 0 radical (unpaired) electrons. The fourth-order valence-electron chi connectivity index (χ4n) is 3.28. The van der Waals surface area contributed by atoms with Gasteiger partial charge >= 0.3 is 6.18 Å². The molecule has 0 unspecified atom stereocenters. The van der Waals surface area contributed by atoms with Gasteiger partial charge in [0.1, 0.15) is 16.6 Å². The van der Waals surface area contributed by atoms with Gasteiger partial charge < -0.3 is 10.3 Å². The molecule has 0 bridgehead atoms. The van der Waals surface area contributed by atoms with Crippen LogP contribution >= 0.6 is 11.6 Å². The van der Waals surface area contributed by atoms with E-state index in [9.17, 15) is 22.4 Å². The van der Waals surface area contributed by atoms with E-state index in [0.717, 1.165) is 17.6 Å². The van der Waals surface area contributed by atoms with Crippen LogP contribution in [-0.4, -0.2) is 20.9 Å². The minimum atomic E-state index is -4.59. The summed E-state index contributed by atoms with van der Waals surface area (Å²) >= 11 is 5.92. The zero-order valence-electron chi connectivity index (χ0n) is 16.5. The first-order valence-electron chi connectivity index (χ1n) is 9.37. The first-order chi connectivity index (χ1) is 15.1. The lowest BCUT2D eigenvalue weighted by Gasteiger charge is -2.12. The lowest BCUT2D eigenvalue weighted by Crippen LogP contribution is -2.17. The number of amides is 1. The summed E-state index contributed by atoms with van der Waals surface area (Å²) in [4.78, 5) is 23.1. The van der Waals surface area contributed by atoms with Gasteiger partial charge in [0, 0.05) is 22.8 Å². The smallest absolute Gasteiger partial charge is 0.330 e. The van der Waals surface area contributed by atoms with E-state index in [1.54, 1.807) is 24.4 Å². The van der Waals surface area contributed by atoms with Crippen molar-refractivity contribution >= 4 is 34.2 Å². The third-order valence-corrected chi connectivity index (χ3v) is 5.05. The molecule has 3 aromatic heterocycles. The van der Waals surface area contributed by atoms with Gasteiger partial charge in [-0.15, -0.1) is 0 Å². The van der Waals surface area contributed by atoms with Crippen LogP contribution in [0.15, 0.2) is 48.8 Å². The number of carbonyl (C=O) groups is 1. The van der Waals surface area contributed by atoms with Gasteiger partial charge in [-0.2, -0.15) is 13.2 Å². The number of anilines is 1. The Labute approximate surface area is 184 Å². The number of aryl methyl sites for hydroxylation is 1. The fraction of sp³-hybridized carbons (Fsp3) is 0.136. The summed E-state index contributed by atoms with van der Waals surface area (Å²) in [5.41, 5.74) is 0.652. The van der Waals surface area contributed by atoms with Crippen molar-refractivity contribution in [1.82, 2.24) is 15.0 Å². The molecule has 0 saturated heterocycles. The van der Waals surface area contributed by atoms with Crippen molar-refractivity contribution < 1.29 is 22.4 Å². The summed E-state index contributed by atoms with van der Waals surface area (Å²) in [6, 6.07) is 8.66. The summed E-state index contributed by atoms with van der Waals surface area (Å²) < 4.78 is 53.7. The van der Waals surface area contributed by atoms with Crippen molar-refractivity contribution in [2.75, 3.05) is 5.32 Å². The highest BCUT2D eigenvalue weighted by Crippen LogP contribution is 2.32. The second kappa shape index (κ2) is 8.23. The van der Waals surface area contributed by atoms with Crippen molar-refractivity contribution in [3.05, 3.63) is 76.6 Å². The predicted molar refractivity (Wildman–Crippen MR) is 113 cm³/mol. The summed E-state index contributed by atoms with van der Waals surface area (Å²) in [5, 5.41) is 3.53. The molecule has 5 nitrogen and oxygen atoms in total. The van der Waals surface area contributed by atoms with Gasteiger partial charge in [0.2, 0.25) is 5.91 Å². The van der Waals surface area contributed by atoms with Crippen LogP contribution in [0.25, 0.3) is 22.2 Å². The zero-order chi connectivity index (χ0) is 23.0. The number of H-pyrrole nitrogens is 1. The number of hydrogen-bond donors (Lipinski definition) is 2. The third kappa shape index (κ3) is 4.57. The van der Waals surface area contributed by atoms with Crippen LogP contribution < -0.4 is 5.32 Å². The number of halogens is 5. The molecular weight excluding hydrogens is 448 g/mol. The highest BCUT2D eigenvalue weighted by molar-refractivity contribution is 6.30. The van der Waals surface area contributed by atoms with E-state index < -0.39 is 23.5 Å². The number of alkyl halides is 3. The first-order valence-corrected chi connectivity index (χ1v) is 9.75. The monoisotopic (exact) mass is 462 g/mol. The minimum absolute atomic E-state index is 0.0982. The number of pyridine rings is 2. The summed E-state index contributed by atoms with van der Waals surface area (Å²) in [6.45, 7) is 1.23. The normalized spacial score (nSPS) is 11.7. The predicted octanol–water partition coefficient (Wildman–Crippen LogP) is 5.93. The van der Waals surface area contributed by atoms with Gasteiger partial charge in [-0.3, -0.25) is 9.78 Å². The highest BCUT2D eigenvalue weighted by atomic mass is 35.5. The van der Waals surface area contributed by atoms with E-state index in [0.29, 0.717) is 21.9 Å². The van der Waals surface area contributed by atoms with Gasteiger partial charge in [-0.05, 0) is 42.3 Å². The largest absolute Gasteiger partial charge is 0.418 e. The number of carbonyl (C=O) groups excluding carboxylic acids is 1. The maximum Gasteiger partial charge on any atom is 0.418 e. The van der Waals surface area contributed by atoms with E-state index in [1.807, 2.05) is 0 Å². The quantitative estimate of drug-likeness (QED) is 0.369. The lowest BCUT2D eigenvalue weighted by atomic mass is 10.0. The van der Waals surface area contributed by atoms with Crippen molar-refractivity contribution in [3.63, 3.8) is 0 Å². The second-order valence-corrected chi connectivity index (χ2v) is 7.57. The van der Waals surface area contributed by atoms with Crippen molar-refractivity contribution in [1.29, 1.82) is 0 Å². The third-order valence-electron chi connectivity index (χ3n) is 4.85. The van der Waals surface area contributed by atoms with Gasteiger partial charge in [0.15, 0.2) is 0 Å². The number of rotatable bonds is 4. The topological polar surface area (TPSA) is 70.7 Å². The van der Waals surface area contributed by atoms with Crippen LogP contribution in [0.4, 0.5) is 23.2 Å². The Morgan fingerprint density at radius 3 is 2.59 bits per heavy atom. The van der Waals surface area contributed by atoms with E-state index in [4.69, 9.17) is 11.6 Å². The standard InChI is InChI=1S/C22H15ClF4N4O/c1-11-17(22(25,26)27)8-16(10-28-11)30-20(32)7-13-3-2-12(5-18(13)24)15-4-14-6-19(23)31-21(14)29-9-15/h2-6,8-10H,7H2,1H3,(H,29,31)(H,30,32). The van der Waals surface area contributed by atoms with Crippen molar-refractivity contribution in [2.24, 2.45) is 0 Å². The van der Waals surface area contributed by atoms with E-state index in [2.05, 4.69) is 20.3 Å². The molecule has 0 atom stereocenters. The van der Waals surface area contributed by atoms with Gasteiger partial charge in [0.05, 0.1) is 23.9 Å². The van der Waals surface area contributed by atoms with Crippen LogP contribution in [-0.2, 0) is 17.4 Å². The molecule has 1 aromatic carbocycles. The maximum absolute atomic E-state index is 14.6. The molecule has 3 heterocycles. The molecule has 10 heteroatoms. The Hall–Kier alpha value is -3.46. The molecule has 0 fully saturated rings. The molecule has 32 heavy (non-hydrogen) atoms. The summed E-state index contributed by atoms with van der Waals surface area (Å²) in [5.74, 6) is -1.29. The molecule has 0 aliphatic rings. The van der Waals surface area contributed by atoms with Gasteiger partial charge in [-0.1, -0.05) is 23.7 Å². The van der Waals surface area contributed by atoms with Crippen LogP contribution in [0.5, 0.6) is 0 Å². The Bertz CT molecular complexity index is 1330. The van der Waals surface area contributed by atoms with E-state index in [-0.39, 0.29) is 23.4 Å². The molecule has 164 valence electrons. The van der Waals surface area contributed by atoms with Crippen molar-refractivity contribution in [2.45, 2.75) is 19.5 Å². The van der Waals surface area contributed by atoms with Crippen molar-refractivity contribution in [3.8, 4) is 11.1 Å². The van der Waals surface area contributed by atoms with Gasteiger partial charge in [0.25, 0.3) is 0 Å². The first kappa shape index (κ1) is 21.8. The second-order valence-electron chi connectivity index (χ2n) is 7.16. The fourth-order valence-corrected chi connectivity index (χ4v) is 3.48. The molecule has 2 N–H and O–H groups in total. The molecular formula is C22H15ClF4N4O. The molecule has 0 aliphatic heterocycles. The number of nitrogens with one attached hydrogen (secondary N) is 2. The number of benzene rings is 1. The Morgan fingerprint density at radius 1 is 1.09 bits per heavy atom. The van der Waals surface area contributed by atoms with E-state index >= 15 is 0 Å². The average molecular weight is 463 g/mol. The Kier molecular flexibility index (Phi) is 5.60. The maximum atomic E-state index is 14.6. The summed E-state index contributed by atoms with van der Waals surface area (Å²) in [6.07, 6.45) is -2.26. The number of fused-ring (bicyclic) bond motifs is 1. The SMILES string of the molecule is Cc1ncc(NC(=O)Cc2ccc(-c3cnc4[nH]c(Cl)cc4c3)cc2F)cc1C(F)(F)F. The number of hydrogen-bond acceptors (Lipinski definition) is 3. The Morgan fingerprint density at radius 2 is 1.88 bits per heavy atom. The van der Waals surface area contributed by atoms with Gasteiger partial charge in [-0.25, -0.2) is 9.37 Å². The lowest BCUT2D eigenvalue weighted by molar-refractivity contribution is -0.138. The van der Waals surface area contributed by atoms with E-state index in [1.165, 1.54) is 19.1 Å². The number of nitrogens with zero attached hydrogens (tertiary/aromatic N) is 2. The average Bonchev–Trinajstić information content (AvgIpc) is 3.09. The highest BCUT2D eigenvalue weighted by Gasteiger charge is 2.33. The molecule has 0 saturated carbocycles. The Balaban J connectivity index is 1.50. The molecule has 1 amide bonds. The van der Waals surface area contributed by atoms with Crippen LogP contribution in [0.3, 0.4) is 0 Å². The van der Waals surface area contributed by atoms with Crippen LogP contribution in [0.1, 0.15) is 16.8 Å². The number of aromatic amines is 1.